The smallest absolute Gasteiger partial charge is 0.411 e. The van der Waals surface area contributed by atoms with E-state index in [-0.39, 0.29) is 65.6 Å². The Morgan fingerprint density at radius 2 is 1.02 bits per heavy atom. The minimum Gasteiger partial charge on any atom is -0.441 e. The molecule has 2 aliphatic heterocycles. The number of halogens is 1. The number of hydrogen-bond donors (Lipinski definition) is 2. The number of imidazole rings is 2. The fourth-order valence-corrected chi connectivity index (χ4v) is 10.8. The number of ether oxygens (including phenoxy) is 2. The van der Waals surface area contributed by atoms with Gasteiger partial charge < -0.3 is 24.3 Å². The molecule has 10 rings (SSSR count). The van der Waals surface area contributed by atoms with Crippen molar-refractivity contribution in [2.75, 3.05) is 0 Å². The van der Waals surface area contributed by atoms with Gasteiger partial charge in [-0.1, -0.05) is 78.8 Å². The van der Waals surface area contributed by atoms with E-state index in [2.05, 4.69) is 36.9 Å². The maximum Gasteiger partial charge on any atom is 0.411 e. The van der Waals surface area contributed by atoms with Gasteiger partial charge in [-0.2, -0.15) is 0 Å². The van der Waals surface area contributed by atoms with E-state index < -0.39 is 11.2 Å². The molecule has 2 amide bonds. The first-order chi connectivity index (χ1) is 30.2. The Morgan fingerprint density at radius 3 is 1.44 bits per heavy atom. The van der Waals surface area contributed by atoms with Crippen LogP contribution in [0.2, 0.25) is 5.15 Å². The molecule has 63 heavy (non-hydrogen) atoms. The summed E-state index contributed by atoms with van der Waals surface area (Å²) >= 11 is 6.07. The molecule has 0 spiro atoms. The number of H-pyrrole nitrogens is 2. The lowest BCUT2D eigenvalue weighted by molar-refractivity contribution is 0.0654. The van der Waals surface area contributed by atoms with Crippen LogP contribution in [0.3, 0.4) is 0 Å². The van der Waals surface area contributed by atoms with Crippen molar-refractivity contribution in [2.45, 2.75) is 127 Å². The minimum atomic E-state index is -0.619. The number of rotatable bonds is 6. The van der Waals surface area contributed by atoms with Crippen molar-refractivity contribution < 1.29 is 19.1 Å². The SMILES string of the molecule is CC1(C)OC(=O)N(C2CCC(n3c(=O)[nH]c4cnc(Cl)cc43)CC2)[C@H]1c1ccccc1.[C-]#[N+]c1cc2c(cn1)[nH]c(=O)n2C1CCC(N2C(=O)OC(C)(C)[C@@H]2c2ccccc2)CC1. The van der Waals surface area contributed by atoms with E-state index >= 15 is 0 Å². The molecule has 4 fully saturated rings. The number of hydrogen-bond acceptors (Lipinski definition) is 8. The molecule has 2 aromatic carbocycles. The van der Waals surface area contributed by atoms with Gasteiger partial charge in [-0.3, -0.25) is 18.9 Å². The minimum absolute atomic E-state index is 0.00953. The number of carbonyl (C=O) groups is 2. The van der Waals surface area contributed by atoms with Crippen molar-refractivity contribution in [2.24, 2.45) is 0 Å². The summed E-state index contributed by atoms with van der Waals surface area (Å²) in [5, 5.41) is 0.363. The molecular weight excluding hydrogens is 822 g/mol. The van der Waals surface area contributed by atoms with E-state index in [0.29, 0.717) is 21.7 Å². The van der Waals surface area contributed by atoms with Gasteiger partial charge in [-0.05, 0) is 96.3 Å². The normalized spacial score (nSPS) is 25.3. The Morgan fingerprint density at radius 1 is 0.619 bits per heavy atom. The zero-order valence-electron chi connectivity index (χ0n) is 35.7. The van der Waals surface area contributed by atoms with Gasteiger partial charge in [0, 0.05) is 30.2 Å². The standard InChI is InChI=1S/C24H25N5O3.C23H25ClN4O3/c1-24(2)21(15-7-5-4-6-8-15)29(23(31)32-24)17-11-9-16(10-12-17)28-19-13-20(25-3)26-14-18(19)27-22(28)30;1-23(2)20(14-6-4-3-5-7-14)28(22(30)31-23)16-10-8-15(9-11-16)27-18-12-19(24)25-13-17(18)26-21(27)29/h4-8,13-14,16-17,21H,9-12H2,1-2H3,(H,27,30);3-7,12-13,15-16,20H,8-11H2,1-2H3,(H,26,29)/t16?,17?,21-;15?,16?,20-/m00/s1. The van der Waals surface area contributed by atoms with Crippen molar-refractivity contribution in [1.82, 2.24) is 38.9 Å². The molecule has 2 saturated carbocycles. The molecular formula is C47H50ClN9O6. The van der Waals surface area contributed by atoms with Crippen LogP contribution in [0.15, 0.2) is 94.8 Å². The van der Waals surface area contributed by atoms with Gasteiger partial charge in [0.2, 0.25) is 0 Å². The van der Waals surface area contributed by atoms with Crippen LogP contribution >= 0.6 is 11.6 Å². The van der Waals surface area contributed by atoms with Crippen LogP contribution in [0.1, 0.15) is 114 Å². The Bertz CT molecular complexity index is 2830. The van der Waals surface area contributed by atoms with Gasteiger partial charge in [0.15, 0.2) is 0 Å². The van der Waals surface area contributed by atoms with Crippen molar-refractivity contribution in [3.63, 3.8) is 0 Å². The number of nitrogens with zero attached hydrogens (tertiary/aromatic N) is 7. The number of aromatic nitrogens is 6. The van der Waals surface area contributed by atoms with Crippen LogP contribution in [0, 0.1) is 6.57 Å². The molecule has 6 heterocycles. The maximum atomic E-state index is 12.9. The molecule has 16 heteroatoms. The molecule has 2 N–H and O–H groups in total. The van der Waals surface area contributed by atoms with E-state index in [1.165, 1.54) is 0 Å². The van der Waals surface area contributed by atoms with E-state index in [1.807, 2.05) is 86.0 Å². The molecule has 4 aliphatic rings. The summed E-state index contributed by atoms with van der Waals surface area (Å²) in [7, 11) is 0. The summed E-state index contributed by atoms with van der Waals surface area (Å²) in [5.74, 6) is 0.270. The second kappa shape index (κ2) is 16.4. The average Bonchev–Trinajstić information content (AvgIpc) is 3.94. The number of amides is 2. The van der Waals surface area contributed by atoms with Crippen LogP contribution in [0.25, 0.3) is 26.9 Å². The van der Waals surface area contributed by atoms with Crippen molar-refractivity contribution in [1.29, 1.82) is 0 Å². The highest BCUT2D eigenvalue weighted by Gasteiger charge is 2.53. The van der Waals surface area contributed by atoms with Crippen LogP contribution < -0.4 is 11.4 Å². The Hall–Kier alpha value is -6.40. The molecule has 6 aromatic rings. The highest BCUT2D eigenvalue weighted by molar-refractivity contribution is 6.29. The van der Waals surface area contributed by atoms with Gasteiger partial charge in [0.1, 0.15) is 28.1 Å². The summed E-state index contributed by atoms with van der Waals surface area (Å²) in [6.45, 7) is 15.1. The first-order valence-electron chi connectivity index (χ1n) is 21.6. The van der Waals surface area contributed by atoms with Crippen LogP contribution in [-0.2, 0) is 9.47 Å². The van der Waals surface area contributed by atoms with Crippen molar-refractivity contribution >= 4 is 51.7 Å². The molecule has 15 nitrogen and oxygen atoms in total. The summed E-state index contributed by atoms with van der Waals surface area (Å²) < 4.78 is 15.1. The fourth-order valence-electron chi connectivity index (χ4n) is 10.7. The van der Waals surface area contributed by atoms with Crippen molar-refractivity contribution in [3.8, 4) is 0 Å². The molecule has 4 aromatic heterocycles. The lowest BCUT2D eigenvalue weighted by Crippen LogP contribution is -2.43. The molecule has 326 valence electrons. The maximum absolute atomic E-state index is 12.9. The molecule has 2 atom stereocenters. The number of carbonyl (C=O) groups excluding carboxylic acids is 2. The number of cyclic esters (lactones) is 2. The monoisotopic (exact) mass is 871 g/mol. The number of aromatic amines is 2. The Balaban J connectivity index is 0.000000160. The largest absolute Gasteiger partial charge is 0.441 e. The summed E-state index contributed by atoms with van der Waals surface area (Å²) in [4.78, 5) is 72.1. The molecule has 0 bridgehead atoms. The van der Waals surface area contributed by atoms with E-state index in [4.69, 9.17) is 27.6 Å². The first kappa shape index (κ1) is 41.9. The zero-order chi connectivity index (χ0) is 44.2. The Labute approximate surface area is 368 Å². The predicted octanol–water partition coefficient (Wildman–Crippen LogP) is 9.56. The fraction of sp³-hybridized carbons (Fsp3) is 0.426. The molecule has 2 aliphatic carbocycles. The highest BCUT2D eigenvalue weighted by Crippen LogP contribution is 2.47. The average molecular weight is 872 g/mol. The summed E-state index contributed by atoms with van der Waals surface area (Å²) in [5.41, 5.74) is 3.40. The van der Waals surface area contributed by atoms with Gasteiger partial charge >= 0.3 is 23.6 Å². The molecule has 0 radical (unpaired) electrons. The topological polar surface area (TPSA) is 165 Å². The number of pyridine rings is 2. The lowest BCUT2D eigenvalue weighted by atomic mass is 9.86. The van der Waals surface area contributed by atoms with Crippen LogP contribution in [-0.4, -0.2) is 74.3 Å². The molecule has 2 saturated heterocycles. The number of nitrogens with one attached hydrogen (secondary N) is 2. The summed E-state index contributed by atoms with van der Waals surface area (Å²) in [6, 6.07) is 23.4. The van der Waals surface area contributed by atoms with Gasteiger partial charge in [-0.25, -0.2) is 24.2 Å². The van der Waals surface area contributed by atoms with Gasteiger partial charge in [-0.15, -0.1) is 4.98 Å². The lowest BCUT2D eigenvalue weighted by Gasteiger charge is -2.38. The highest BCUT2D eigenvalue weighted by atomic mass is 35.5. The third-order valence-corrected chi connectivity index (χ3v) is 13.6. The van der Waals surface area contributed by atoms with Crippen LogP contribution in [0.4, 0.5) is 15.4 Å². The molecule has 0 unspecified atom stereocenters. The third kappa shape index (κ3) is 7.75. The number of benzene rings is 2. The number of fused-ring (bicyclic) bond motifs is 2. The van der Waals surface area contributed by atoms with E-state index in [1.54, 1.807) is 33.7 Å². The second-order valence-corrected chi connectivity index (χ2v) is 18.5. The zero-order valence-corrected chi connectivity index (χ0v) is 36.4. The van der Waals surface area contributed by atoms with Crippen molar-refractivity contribution in [3.05, 3.63) is 134 Å². The van der Waals surface area contributed by atoms with Gasteiger partial charge in [0.25, 0.3) is 5.82 Å². The van der Waals surface area contributed by atoms with E-state index in [0.717, 1.165) is 68.0 Å². The van der Waals surface area contributed by atoms with Crippen LogP contribution in [0.5, 0.6) is 0 Å². The van der Waals surface area contributed by atoms with E-state index in [9.17, 15) is 19.2 Å². The van der Waals surface area contributed by atoms with Gasteiger partial charge in [0.05, 0.1) is 34.8 Å². The second-order valence-electron chi connectivity index (χ2n) is 18.1. The summed E-state index contributed by atoms with van der Waals surface area (Å²) in [6.07, 6.45) is 8.87. The Kier molecular flexibility index (Phi) is 10.9. The predicted molar refractivity (Wildman–Crippen MR) is 238 cm³/mol. The first-order valence-corrected chi connectivity index (χ1v) is 22.0. The quantitative estimate of drug-likeness (QED) is 0.123. The third-order valence-electron chi connectivity index (χ3n) is 13.3.